The number of esters is 4. The molecule has 2 aliphatic rings. The monoisotopic (exact) mass is 720 g/mol. The lowest BCUT2D eigenvalue weighted by molar-refractivity contribution is -0.139. The number of allylic oxidation sites excluding steroid dienone is 1. The molecule has 0 radical (unpaired) electrons. The Bertz CT molecular complexity index is 1940. The molecule has 5 atom stereocenters. The molecule has 12 heteroatoms. The Kier molecular flexibility index (Phi) is 11.4. The van der Waals surface area contributed by atoms with Crippen molar-refractivity contribution in [2.24, 2.45) is 0 Å². The normalized spacial score (nSPS) is 21.2. The van der Waals surface area contributed by atoms with Gasteiger partial charge in [0.1, 0.15) is 12.7 Å². The summed E-state index contributed by atoms with van der Waals surface area (Å²) >= 11 is 5.91. The molecule has 0 aliphatic carbocycles. The van der Waals surface area contributed by atoms with E-state index in [0.29, 0.717) is 11.3 Å². The number of carbonyl (C=O) groups is 4. The molecule has 0 amide bonds. The highest BCUT2D eigenvalue weighted by atomic mass is 32.1. The standard InChI is InChI=1S/C40H36N2O9S/c1-3-47-39(46)31-25(2)42(40(52)41-32(31)26-16-8-4-9-17-26)35-34(51-38(45)29-22-14-7-15-23-29)33(50-37(44)28-20-12-6-13-21-28)30(49-35)24-48-36(43)27-18-10-5-11-19-27/h4-23,30,32-35H,3,24H2,1-2H3,(H,41,52)/t30-,32+,33+,34+,35-/m0/s1. The molecular weight excluding hydrogens is 685 g/mol. The van der Waals surface area contributed by atoms with Gasteiger partial charge >= 0.3 is 23.9 Å². The van der Waals surface area contributed by atoms with Crippen LogP contribution in [-0.4, -0.2) is 71.6 Å². The molecule has 11 nitrogen and oxygen atoms in total. The summed E-state index contributed by atoms with van der Waals surface area (Å²) in [7, 11) is 0. The first kappa shape index (κ1) is 36.0. The van der Waals surface area contributed by atoms with Gasteiger partial charge in [-0.25, -0.2) is 19.2 Å². The third-order valence-corrected chi connectivity index (χ3v) is 8.90. The van der Waals surface area contributed by atoms with E-state index in [9.17, 15) is 19.2 Å². The number of ether oxygens (including phenoxy) is 5. The van der Waals surface area contributed by atoms with Crippen molar-refractivity contribution >= 4 is 41.2 Å². The molecule has 1 saturated heterocycles. The van der Waals surface area contributed by atoms with Crippen LogP contribution in [0.1, 0.15) is 56.5 Å². The van der Waals surface area contributed by atoms with Gasteiger partial charge < -0.3 is 29.0 Å². The molecule has 0 spiro atoms. The molecule has 0 bridgehead atoms. The van der Waals surface area contributed by atoms with E-state index in [0.717, 1.165) is 5.56 Å². The van der Waals surface area contributed by atoms with Gasteiger partial charge in [0.2, 0.25) is 0 Å². The highest BCUT2D eigenvalue weighted by Gasteiger charge is 2.55. The van der Waals surface area contributed by atoms with Crippen LogP contribution >= 0.6 is 12.2 Å². The van der Waals surface area contributed by atoms with Crippen LogP contribution in [0.3, 0.4) is 0 Å². The van der Waals surface area contributed by atoms with E-state index in [4.69, 9.17) is 35.9 Å². The topological polar surface area (TPSA) is 130 Å². The molecule has 0 saturated carbocycles. The minimum atomic E-state index is -1.34. The van der Waals surface area contributed by atoms with Crippen LogP contribution in [0.2, 0.25) is 0 Å². The molecule has 266 valence electrons. The van der Waals surface area contributed by atoms with Gasteiger partial charge in [-0.05, 0) is 68.0 Å². The number of hydrogen-bond acceptors (Lipinski definition) is 10. The number of carbonyl (C=O) groups excluding carboxylic acids is 4. The average Bonchev–Trinajstić information content (AvgIpc) is 3.50. The van der Waals surface area contributed by atoms with E-state index >= 15 is 0 Å². The van der Waals surface area contributed by atoms with E-state index < -0.39 is 54.5 Å². The Balaban J connectivity index is 1.42. The maximum Gasteiger partial charge on any atom is 0.338 e. The van der Waals surface area contributed by atoms with Crippen LogP contribution in [0.15, 0.2) is 133 Å². The highest BCUT2D eigenvalue weighted by molar-refractivity contribution is 7.80. The Morgan fingerprint density at radius 2 is 1.15 bits per heavy atom. The summed E-state index contributed by atoms with van der Waals surface area (Å²) in [4.78, 5) is 55.4. The zero-order valence-electron chi connectivity index (χ0n) is 28.4. The van der Waals surface area contributed by atoms with Gasteiger partial charge in [-0.3, -0.25) is 4.90 Å². The van der Waals surface area contributed by atoms with E-state index in [-0.39, 0.29) is 35.0 Å². The van der Waals surface area contributed by atoms with Crippen LogP contribution in [0.4, 0.5) is 0 Å². The van der Waals surface area contributed by atoms with Crippen molar-refractivity contribution in [3.63, 3.8) is 0 Å². The molecule has 1 fully saturated rings. The van der Waals surface area contributed by atoms with Crippen molar-refractivity contribution in [3.05, 3.63) is 155 Å². The molecule has 6 rings (SSSR count). The summed E-state index contributed by atoms with van der Waals surface area (Å²) in [5.74, 6) is -2.68. The molecule has 1 N–H and O–H groups in total. The second-order valence-corrected chi connectivity index (χ2v) is 12.3. The van der Waals surface area contributed by atoms with Gasteiger partial charge in [-0.2, -0.15) is 0 Å². The van der Waals surface area contributed by atoms with Crippen LogP contribution in [0.25, 0.3) is 0 Å². The first-order valence-corrected chi connectivity index (χ1v) is 17.1. The maximum atomic E-state index is 13.7. The summed E-state index contributed by atoms with van der Waals surface area (Å²) in [5, 5.41) is 3.38. The largest absolute Gasteiger partial charge is 0.463 e. The van der Waals surface area contributed by atoms with Gasteiger partial charge in [0.15, 0.2) is 23.5 Å². The number of thiocarbonyl (C=S) groups is 1. The number of nitrogens with one attached hydrogen (secondary N) is 1. The lowest BCUT2D eigenvalue weighted by Gasteiger charge is -2.41. The number of rotatable bonds is 11. The van der Waals surface area contributed by atoms with Gasteiger partial charge in [0.05, 0.1) is 34.9 Å². The smallest absolute Gasteiger partial charge is 0.338 e. The lowest BCUT2D eigenvalue weighted by atomic mass is 9.94. The van der Waals surface area contributed by atoms with Gasteiger partial charge in [0, 0.05) is 5.70 Å². The maximum absolute atomic E-state index is 13.7. The van der Waals surface area contributed by atoms with Crippen molar-refractivity contribution in [1.82, 2.24) is 10.2 Å². The van der Waals surface area contributed by atoms with Crippen LogP contribution in [-0.2, 0) is 28.5 Å². The predicted octanol–water partition coefficient (Wildman–Crippen LogP) is 5.79. The van der Waals surface area contributed by atoms with Crippen molar-refractivity contribution in [2.45, 2.75) is 44.4 Å². The van der Waals surface area contributed by atoms with E-state index in [1.165, 1.54) is 4.90 Å². The quantitative estimate of drug-likeness (QED) is 0.114. The third kappa shape index (κ3) is 7.88. The first-order chi connectivity index (χ1) is 25.3. The van der Waals surface area contributed by atoms with E-state index in [1.807, 2.05) is 30.3 Å². The fourth-order valence-corrected chi connectivity index (χ4v) is 6.46. The average molecular weight is 721 g/mol. The fraction of sp³-hybridized carbons (Fsp3) is 0.225. The third-order valence-electron chi connectivity index (χ3n) is 8.59. The number of benzene rings is 4. The van der Waals surface area contributed by atoms with Crippen LogP contribution in [0, 0.1) is 0 Å². The van der Waals surface area contributed by atoms with Crippen molar-refractivity contribution < 1.29 is 42.9 Å². The Labute approximate surface area is 306 Å². The Hall–Kier alpha value is -5.85. The number of nitrogens with zero attached hydrogens (tertiary/aromatic N) is 1. The Morgan fingerprint density at radius 1 is 0.673 bits per heavy atom. The summed E-state index contributed by atoms with van der Waals surface area (Å²) in [6.07, 6.45) is -5.05. The van der Waals surface area contributed by atoms with Gasteiger partial charge in [-0.1, -0.05) is 84.9 Å². The van der Waals surface area contributed by atoms with E-state index in [2.05, 4.69) is 5.32 Å². The molecule has 0 unspecified atom stereocenters. The minimum absolute atomic E-state index is 0.116. The second kappa shape index (κ2) is 16.4. The number of hydrogen-bond donors (Lipinski definition) is 1. The van der Waals surface area contributed by atoms with Crippen LogP contribution in [0.5, 0.6) is 0 Å². The molecule has 4 aromatic rings. The van der Waals surface area contributed by atoms with Gasteiger partial charge in [0.25, 0.3) is 0 Å². The summed E-state index contributed by atoms with van der Waals surface area (Å²) in [6, 6.07) is 33.5. The van der Waals surface area contributed by atoms with E-state index in [1.54, 1.807) is 105 Å². The molecule has 52 heavy (non-hydrogen) atoms. The fourth-order valence-electron chi connectivity index (χ4n) is 6.10. The molecule has 4 aromatic carbocycles. The minimum Gasteiger partial charge on any atom is -0.463 e. The SMILES string of the molecule is CCOC(=O)C1=C(C)N([C@H]2O[C@@H](COC(=O)c3ccccc3)[C@@H](OC(=O)c3ccccc3)[C@H]2OC(=O)c2ccccc2)C(=S)N[C@@H]1c1ccccc1. The van der Waals surface area contributed by atoms with Gasteiger partial charge in [-0.15, -0.1) is 0 Å². The van der Waals surface area contributed by atoms with Crippen molar-refractivity contribution in [2.75, 3.05) is 13.2 Å². The highest BCUT2D eigenvalue weighted by Crippen LogP contribution is 2.38. The molecule has 0 aromatic heterocycles. The predicted molar refractivity (Wildman–Crippen MR) is 193 cm³/mol. The summed E-state index contributed by atoms with van der Waals surface area (Å²) in [6.45, 7) is 3.12. The van der Waals surface area contributed by atoms with Crippen LogP contribution < -0.4 is 5.32 Å². The van der Waals surface area contributed by atoms with Crippen molar-refractivity contribution in [3.8, 4) is 0 Å². The zero-order valence-corrected chi connectivity index (χ0v) is 29.2. The molecular formula is C40H36N2O9S. The second-order valence-electron chi connectivity index (χ2n) is 11.9. The molecule has 2 aliphatic heterocycles. The Morgan fingerprint density at radius 3 is 1.67 bits per heavy atom. The first-order valence-electron chi connectivity index (χ1n) is 16.7. The lowest BCUT2D eigenvalue weighted by Crippen LogP contribution is -2.56. The zero-order chi connectivity index (χ0) is 36.6. The summed E-state index contributed by atoms with van der Waals surface area (Å²) in [5.41, 5.74) is 2.13. The summed E-state index contributed by atoms with van der Waals surface area (Å²) < 4.78 is 29.9. The van der Waals surface area contributed by atoms with Crippen molar-refractivity contribution in [1.29, 1.82) is 0 Å². The molecule has 2 heterocycles.